The molecule has 2 rings (SSSR count). The summed E-state index contributed by atoms with van der Waals surface area (Å²) in [6, 6.07) is 7.62. The van der Waals surface area contributed by atoms with E-state index in [2.05, 4.69) is 0 Å². The van der Waals surface area contributed by atoms with Crippen LogP contribution in [0.5, 0.6) is 0 Å². The van der Waals surface area contributed by atoms with Gasteiger partial charge in [-0.05, 0) is 25.7 Å². The van der Waals surface area contributed by atoms with Crippen LogP contribution in [0.25, 0.3) is 0 Å². The van der Waals surface area contributed by atoms with E-state index in [1.165, 1.54) is 18.4 Å². The van der Waals surface area contributed by atoms with E-state index in [4.69, 9.17) is 4.74 Å². The van der Waals surface area contributed by atoms with E-state index in [9.17, 15) is 4.79 Å². The van der Waals surface area contributed by atoms with Crippen LogP contribution in [0.3, 0.4) is 0 Å². The SMILES string of the molecule is Cc1ccc(C(=O)COCC2CC2)cc1. The van der Waals surface area contributed by atoms with Gasteiger partial charge in [0.05, 0.1) is 6.61 Å². The Kier molecular flexibility index (Phi) is 3.17. The van der Waals surface area contributed by atoms with Crippen molar-refractivity contribution in [3.05, 3.63) is 35.4 Å². The summed E-state index contributed by atoms with van der Waals surface area (Å²) in [6.07, 6.45) is 2.53. The second-order valence-electron chi connectivity index (χ2n) is 4.25. The molecule has 0 aliphatic heterocycles. The minimum atomic E-state index is 0.0793. The molecule has 0 saturated heterocycles. The topological polar surface area (TPSA) is 26.3 Å². The molecule has 2 heteroatoms. The summed E-state index contributed by atoms with van der Waals surface area (Å²) in [5.41, 5.74) is 1.92. The molecule has 15 heavy (non-hydrogen) atoms. The van der Waals surface area contributed by atoms with Crippen LogP contribution in [0.4, 0.5) is 0 Å². The normalized spacial score (nSPS) is 15.3. The van der Waals surface area contributed by atoms with Crippen LogP contribution in [-0.4, -0.2) is 19.0 Å². The first kappa shape index (κ1) is 10.4. The van der Waals surface area contributed by atoms with Crippen molar-refractivity contribution < 1.29 is 9.53 Å². The number of rotatable bonds is 5. The van der Waals surface area contributed by atoms with Crippen molar-refractivity contribution in [3.8, 4) is 0 Å². The molecule has 0 bridgehead atoms. The minimum absolute atomic E-state index is 0.0793. The Morgan fingerprint density at radius 1 is 1.33 bits per heavy atom. The van der Waals surface area contributed by atoms with Crippen molar-refractivity contribution in [2.75, 3.05) is 13.2 Å². The molecule has 0 aromatic heterocycles. The van der Waals surface area contributed by atoms with Crippen molar-refractivity contribution in [2.24, 2.45) is 5.92 Å². The van der Waals surface area contributed by atoms with Gasteiger partial charge in [-0.1, -0.05) is 29.8 Å². The monoisotopic (exact) mass is 204 g/mol. The lowest BCUT2D eigenvalue weighted by atomic mass is 10.1. The van der Waals surface area contributed by atoms with Gasteiger partial charge in [0, 0.05) is 5.56 Å². The first-order valence-electron chi connectivity index (χ1n) is 5.43. The van der Waals surface area contributed by atoms with Gasteiger partial charge < -0.3 is 4.74 Å². The Morgan fingerprint density at radius 2 is 2.00 bits per heavy atom. The highest BCUT2D eigenvalue weighted by molar-refractivity contribution is 5.97. The molecule has 1 aromatic carbocycles. The summed E-state index contributed by atoms with van der Waals surface area (Å²) in [5, 5.41) is 0. The molecule has 0 heterocycles. The van der Waals surface area contributed by atoms with Gasteiger partial charge in [-0.2, -0.15) is 0 Å². The lowest BCUT2D eigenvalue weighted by Crippen LogP contribution is -2.10. The Balaban J connectivity index is 1.81. The Bertz CT molecular complexity index is 336. The lowest BCUT2D eigenvalue weighted by molar-refractivity contribution is 0.0740. The average Bonchev–Trinajstić information content (AvgIpc) is 3.02. The van der Waals surface area contributed by atoms with Gasteiger partial charge >= 0.3 is 0 Å². The van der Waals surface area contributed by atoms with E-state index in [0.717, 1.165) is 18.1 Å². The number of Topliss-reactive ketones (excluding diaryl/α,β-unsaturated/α-hetero) is 1. The minimum Gasteiger partial charge on any atom is -0.373 e. The summed E-state index contributed by atoms with van der Waals surface area (Å²) in [5.74, 6) is 0.798. The zero-order valence-corrected chi connectivity index (χ0v) is 9.03. The van der Waals surface area contributed by atoms with Gasteiger partial charge in [-0.25, -0.2) is 0 Å². The van der Waals surface area contributed by atoms with Crippen molar-refractivity contribution in [1.82, 2.24) is 0 Å². The van der Waals surface area contributed by atoms with Crippen LogP contribution in [0.15, 0.2) is 24.3 Å². The molecule has 2 nitrogen and oxygen atoms in total. The van der Waals surface area contributed by atoms with Crippen LogP contribution < -0.4 is 0 Å². The van der Waals surface area contributed by atoms with Crippen molar-refractivity contribution in [2.45, 2.75) is 19.8 Å². The molecule has 1 saturated carbocycles. The lowest BCUT2D eigenvalue weighted by Gasteiger charge is -2.02. The number of carbonyl (C=O) groups is 1. The van der Waals surface area contributed by atoms with Gasteiger partial charge in [0.25, 0.3) is 0 Å². The van der Waals surface area contributed by atoms with Crippen molar-refractivity contribution in [3.63, 3.8) is 0 Å². The molecule has 0 amide bonds. The quantitative estimate of drug-likeness (QED) is 0.689. The molecule has 1 fully saturated rings. The zero-order chi connectivity index (χ0) is 10.7. The molecule has 0 N–H and O–H groups in total. The highest BCUT2D eigenvalue weighted by Gasteiger charge is 2.21. The van der Waals surface area contributed by atoms with Crippen molar-refractivity contribution >= 4 is 5.78 Å². The number of benzene rings is 1. The maximum atomic E-state index is 11.6. The predicted octanol–water partition coefficient (Wildman–Crippen LogP) is 2.60. The first-order valence-corrected chi connectivity index (χ1v) is 5.43. The summed E-state index contributed by atoms with van der Waals surface area (Å²) in [4.78, 5) is 11.6. The third-order valence-corrected chi connectivity index (χ3v) is 2.66. The molecular formula is C13H16O2. The Labute approximate surface area is 90.3 Å². The van der Waals surface area contributed by atoms with Gasteiger partial charge in [0.1, 0.15) is 6.61 Å². The summed E-state index contributed by atoms with van der Waals surface area (Å²) in [6.45, 7) is 2.98. The summed E-state index contributed by atoms with van der Waals surface area (Å²) < 4.78 is 5.35. The van der Waals surface area contributed by atoms with E-state index >= 15 is 0 Å². The van der Waals surface area contributed by atoms with E-state index in [-0.39, 0.29) is 12.4 Å². The highest BCUT2D eigenvalue weighted by atomic mass is 16.5. The molecule has 0 unspecified atom stereocenters. The molecule has 1 aromatic rings. The fourth-order valence-electron chi connectivity index (χ4n) is 1.43. The molecule has 0 spiro atoms. The maximum absolute atomic E-state index is 11.6. The number of ether oxygens (including phenoxy) is 1. The maximum Gasteiger partial charge on any atom is 0.188 e. The Morgan fingerprint density at radius 3 is 2.60 bits per heavy atom. The van der Waals surface area contributed by atoms with Gasteiger partial charge in [0.2, 0.25) is 0 Å². The van der Waals surface area contributed by atoms with Crippen LogP contribution in [-0.2, 0) is 4.74 Å². The average molecular weight is 204 g/mol. The third kappa shape index (κ3) is 3.17. The molecule has 0 atom stereocenters. The Hall–Kier alpha value is -1.15. The molecule has 80 valence electrons. The van der Waals surface area contributed by atoms with E-state index in [1.807, 2.05) is 31.2 Å². The van der Waals surface area contributed by atoms with Gasteiger partial charge in [-0.3, -0.25) is 4.79 Å². The van der Waals surface area contributed by atoms with E-state index < -0.39 is 0 Å². The molecule has 1 aliphatic carbocycles. The first-order chi connectivity index (χ1) is 7.25. The second-order valence-corrected chi connectivity index (χ2v) is 4.25. The molecule has 0 radical (unpaired) electrons. The fraction of sp³-hybridized carbons (Fsp3) is 0.462. The standard InChI is InChI=1S/C13H16O2/c1-10-2-6-12(7-3-10)13(14)9-15-8-11-4-5-11/h2-3,6-7,11H,4-5,8-9H2,1H3. The van der Waals surface area contributed by atoms with E-state index in [1.54, 1.807) is 0 Å². The van der Waals surface area contributed by atoms with Crippen LogP contribution in [0.1, 0.15) is 28.8 Å². The zero-order valence-electron chi connectivity index (χ0n) is 9.03. The van der Waals surface area contributed by atoms with Crippen LogP contribution in [0, 0.1) is 12.8 Å². The fourth-order valence-corrected chi connectivity index (χ4v) is 1.43. The van der Waals surface area contributed by atoms with Gasteiger partial charge in [0.15, 0.2) is 5.78 Å². The number of hydrogen-bond donors (Lipinski definition) is 0. The van der Waals surface area contributed by atoms with E-state index in [0.29, 0.717) is 0 Å². The van der Waals surface area contributed by atoms with Gasteiger partial charge in [-0.15, -0.1) is 0 Å². The molecule has 1 aliphatic rings. The largest absolute Gasteiger partial charge is 0.373 e. The highest BCUT2D eigenvalue weighted by Crippen LogP contribution is 2.28. The third-order valence-electron chi connectivity index (χ3n) is 2.66. The molecular weight excluding hydrogens is 188 g/mol. The second kappa shape index (κ2) is 4.58. The number of carbonyl (C=O) groups excluding carboxylic acids is 1. The predicted molar refractivity (Wildman–Crippen MR) is 59.1 cm³/mol. The number of aryl methyl sites for hydroxylation is 1. The van der Waals surface area contributed by atoms with Crippen LogP contribution >= 0.6 is 0 Å². The van der Waals surface area contributed by atoms with Crippen LogP contribution in [0.2, 0.25) is 0 Å². The summed E-state index contributed by atoms with van der Waals surface area (Å²) in [7, 11) is 0. The summed E-state index contributed by atoms with van der Waals surface area (Å²) >= 11 is 0. The van der Waals surface area contributed by atoms with Crippen molar-refractivity contribution in [1.29, 1.82) is 0 Å². The smallest absolute Gasteiger partial charge is 0.188 e. The number of hydrogen-bond acceptors (Lipinski definition) is 2. The number of ketones is 1.